The minimum absolute atomic E-state index is 0.000144. The van der Waals surface area contributed by atoms with E-state index in [9.17, 15) is 18.0 Å². The average Bonchev–Trinajstić information content (AvgIpc) is 2.90. The summed E-state index contributed by atoms with van der Waals surface area (Å²) in [5.41, 5.74) is 1.65. The Hall–Kier alpha value is -3.27. The maximum atomic E-state index is 13.8. The second kappa shape index (κ2) is 12.5. The summed E-state index contributed by atoms with van der Waals surface area (Å²) in [5, 5.41) is 3.13. The number of nitrogens with zero attached hydrogens (tertiary/aromatic N) is 2. The first kappa shape index (κ1) is 29.3. The predicted molar refractivity (Wildman–Crippen MR) is 149 cm³/mol. The minimum atomic E-state index is -4.21. The normalized spacial score (nSPS) is 11.9. The van der Waals surface area contributed by atoms with E-state index in [1.54, 1.807) is 43.3 Å². The molecule has 0 aliphatic heterocycles. The molecule has 11 heteroatoms. The Labute approximate surface area is 233 Å². The zero-order valence-corrected chi connectivity index (χ0v) is 23.8. The number of carbonyl (C=O) groups excluding carboxylic acids is 2. The molecule has 0 unspecified atom stereocenters. The zero-order chi connectivity index (χ0) is 28.0. The highest BCUT2D eigenvalue weighted by Crippen LogP contribution is 2.32. The second-order valence-corrected chi connectivity index (χ2v) is 11.2. The third kappa shape index (κ3) is 6.59. The molecule has 3 rings (SSSR count). The van der Waals surface area contributed by atoms with E-state index in [-0.39, 0.29) is 22.2 Å². The summed E-state index contributed by atoms with van der Waals surface area (Å²) in [6, 6.07) is 16.8. The third-order valence-electron chi connectivity index (χ3n) is 6.02. The van der Waals surface area contributed by atoms with Crippen molar-refractivity contribution < 1.29 is 22.7 Å². The van der Waals surface area contributed by atoms with E-state index in [4.69, 9.17) is 27.9 Å². The average molecular weight is 579 g/mol. The van der Waals surface area contributed by atoms with Gasteiger partial charge in [-0.2, -0.15) is 0 Å². The molecule has 0 aliphatic rings. The molecule has 0 spiro atoms. The first-order valence-electron chi connectivity index (χ1n) is 11.7. The van der Waals surface area contributed by atoms with Crippen LogP contribution in [-0.4, -0.2) is 51.9 Å². The fourth-order valence-electron chi connectivity index (χ4n) is 3.78. The number of likely N-dealkylation sites (N-methyl/N-ethyl adjacent to an activating group) is 1. The summed E-state index contributed by atoms with van der Waals surface area (Å²) >= 11 is 12.6. The van der Waals surface area contributed by atoms with E-state index < -0.39 is 34.4 Å². The van der Waals surface area contributed by atoms with Crippen LogP contribution in [-0.2, 0) is 26.2 Å². The molecule has 0 saturated carbocycles. The van der Waals surface area contributed by atoms with Crippen LogP contribution in [0.2, 0.25) is 10.0 Å². The quantitative estimate of drug-likeness (QED) is 0.378. The van der Waals surface area contributed by atoms with Gasteiger partial charge in [-0.15, -0.1) is 0 Å². The number of rotatable bonds is 10. The summed E-state index contributed by atoms with van der Waals surface area (Å²) in [7, 11) is -1.30. The van der Waals surface area contributed by atoms with Gasteiger partial charge in [0.15, 0.2) is 0 Å². The summed E-state index contributed by atoms with van der Waals surface area (Å²) in [5.74, 6) is -0.669. The Morgan fingerprint density at radius 1 is 1.00 bits per heavy atom. The van der Waals surface area contributed by atoms with Crippen molar-refractivity contribution in [1.29, 1.82) is 0 Å². The third-order valence-corrected chi connectivity index (χ3v) is 8.48. The molecular weight excluding hydrogens is 549 g/mol. The zero-order valence-electron chi connectivity index (χ0n) is 21.4. The minimum Gasteiger partial charge on any atom is -0.495 e. The number of nitrogens with one attached hydrogen (secondary N) is 1. The van der Waals surface area contributed by atoms with Gasteiger partial charge in [0.1, 0.15) is 18.3 Å². The molecule has 0 radical (unpaired) electrons. The Morgan fingerprint density at radius 3 is 2.24 bits per heavy atom. The van der Waals surface area contributed by atoms with Gasteiger partial charge in [0.2, 0.25) is 11.8 Å². The molecule has 2 amide bonds. The summed E-state index contributed by atoms with van der Waals surface area (Å²) < 4.78 is 33.8. The molecule has 1 atom stereocenters. The Kier molecular flexibility index (Phi) is 9.65. The number of aryl methyl sites for hydroxylation is 1. The van der Waals surface area contributed by atoms with Gasteiger partial charge in [-0.3, -0.25) is 13.9 Å². The van der Waals surface area contributed by atoms with E-state index in [2.05, 4.69) is 5.32 Å². The summed E-state index contributed by atoms with van der Waals surface area (Å²) in [4.78, 5) is 27.6. The lowest BCUT2D eigenvalue weighted by molar-refractivity contribution is -0.139. The van der Waals surface area contributed by atoms with Crippen LogP contribution >= 0.6 is 23.2 Å². The van der Waals surface area contributed by atoms with Crippen molar-refractivity contribution in [3.05, 3.63) is 87.9 Å². The lowest BCUT2D eigenvalue weighted by Gasteiger charge is -2.32. The molecule has 0 saturated heterocycles. The van der Waals surface area contributed by atoms with Gasteiger partial charge in [0.25, 0.3) is 10.0 Å². The van der Waals surface area contributed by atoms with Crippen LogP contribution in [0.15, 0.2) is 71.6 Å². The molecule has 202 valence electrons. The van der Waals surface area contributed by atoms with E-state index in [0.29, 0.717) is 16.3 Å². The van der Waals surface area contributed by atoms with E-state index in [1.165, 1.54) is 49.4 Å². The van der Waals surface area contributed by atoms with Crippen molar-refractivity contribution in [3.63, 3.8) is 0 Å². The van der Waals surface area contributed by atoms with E-state index in [0.717, 1.165) is 9.87 Å². The second-order valence-electron chi connectivity index (χ2n) is 8.55. The lowest BCUT2D eigenvalue weighted by Crippen LogP contribution is -2.50. The number of methoxy groups -OCH3 is 1. The van der Waals surface area contributed by atoms with Crippen LogP contribution in [0.1, 0.15) is 18.1 Å². The monoisotopic (exact) mass is 577 g/mol. The van der Waals surface area contributed by atoms with Crippen LogP contribution in [0, 0.1) is 6.92 Å². The molecule has 0 heterocycles. The number of amides is 2. The fourth-order valence-corrected chi connectivity index (χ4v) is 5.63. The van der Waals surface area contributed by atoms with Gasteiger partial charge in [-0.25, -0.2) is 8.42 Å². The molecular formula is C27H29Cl2N3O5S. The molecule has 3 aromatic rings. The Morgan fingerprint density at radius 2 is 1.66 bits per heavy atom. The molecule has 0 aliphatic carbocycles. The highest BCUT2D eigenvalue weighted by Gasteiger charge is 2.32. The number of ether oxygens (including phenoxy) is 1. The molecule has 0 bridgehead atoms. The van der Waals surface area contributed by atoms with Gasteiger partial charge in [0, 0.05) is 18.6 Å². The fraction of sp³-hybridized carbons (Fsp3) is 0.259. The molecule has 0 fully saturated rings. The molecule has 38 heavy (non-hydrogen) atoms. The molecule has 3 aromatic carbocycles. The van der Waals surface area contributed by atoms with Crippen LogP contribution < -0.4 is 14.4 Å². The number of anilines is 1. The largest absolute Gasteiger partial charge is 0.495 e. The first-order valence-corrected chi connectivity index (χ1v) is 13.9. The number of hydrogen-bond donors (Lipinski definition) is 1. The van der Waals surface area contributed by atoms with Crippen molar-refractivity contribution in [2.75, 3.05) is 25.0 Å². The smallest absolute Gasteiger partial charge is 0.264 e. The highest BCUT2D eigenvalue weighted by molar-refractivity contribution is 7.92. The van der Waals surface area contributed by atoms with Crippen molar-refractivity contribution >= 4 is 50.7 Å². The highest BCUT2D eigenvalue weighted by atomic mass is 35.5. The Bertz CT molecular complexity index is 1410. The Balaban J connectivity index is 2.08. The number of halogens is 2. The lowest BCUT2D eigenvalue weighted by atomic mass is 10.1. The predicted octanol–water partition coefficient (Wildman–Crippen LogP) is 4.67. The standard InChI is InChI=1S/C27H29Cl2N3O5S/c1-18-9-12-22(13-10-18)38(35,36)32(21-11-14-25(37-4)24(29)15-21)17-26(33)31(19(2)27(34)30-3)16-20-7-5-6-8-23(20)28/h5-15,19H,16-17H2,1-4H3,(H,30,34)/t19-/m1/s1. The number of sulfonamides is 1. The van der Waals surface area contributed by atoms with Crippen molar-refractivity contribution in [2.45, 2.75) is 31.3 Å². The van der Waals surface area contributed by atoms with Crippen LogP contribution in [0.3, 0.4) is 0 Å². The maximum Gasteiger partial charge on any atom is 0.264 e. The van der Waals surface area contributed by atoms with Crippen LogP contribution in [0.25, 0.3) is 0 Å². The van der Waals surface area contributed by atoms with E-state index >= 15 is 0 Å². The van der Waals surface area contributed by atoms with Gasteiger partial charge < -0.3 is 15.0 Å². The van der Waals surface area contributed by atoms with Crippen molar-refractivity contribution in [3.8, 4) is 5.75 Å². The van der Waals surface area contributed by atoms with Crippen molar-refractivity contribution in [1.82, 2.24) is 10.2 Å². The molecule has 0 aromatic heterocycles. The summed E-state index contributed by atoms with van der Waals surface area (Å²) in [6.07, 6.45) is 0. The van der Waals surface area contributed by atoms with Gasteiger partial charge >= 0.3 is 0 Å². The number of carbonyl (C=O) groups is 2. The molecule has 8 nitrogen and oxygen atoms in total. The summed E-state index contributed by atoms with van der Waals surface area (Å²) in [6.45, 7) is 2.81. The van der Waals surface area contributed by atoms with Gasteiger partial charge in [-0.1, -0.05) is 59.1 Å². The molecule has 1 N–H and O–H groups in total. The van der Waals surface area contributed by atoms with Gasteiger partial charge in [-0.05, 0) is 55.8 Å². The topological polar surface area (TPSA) is 96.0 Å². The SMILES string of the molecule is CNC(=O)[C@@H](C)N(Cc1ccccc1Cl)C(=O)CN(c1ccc(OC)c(Cl)c1)S(=O)(=O)c1ccc(C)cc1. The number of benzene rings is 3. The van der Waals surface area contributed by atoms with Crippen LogP contribution in [0.5, 0.6) is 5.75 Å². The first-order chi connectivity index (χ1) is 18.0. The van der Waals surface area contributed by atoms with Gasteiger partial charge in [0.05, 0.1) is 22.7 Å². The number of hydrogen-bond acceptors (Lipinski definition) is 5. The van der Waals surface area contributed by atoms with E-state index in [1.807, 2.05) is 6.92 Å². The maximum absolute atomic E-state index is 13.8. The van der Waals surface area contributed by atoms with Crippen molar-refractivity contribution in [2.24, 2.45) is 0 Å². The van der Waals surface area contributed by atoms with Crippen LogP contribution in [0.4, 0.5) is 5.69 Å².